The van der Waals surface area contributed by atoms with Crippen LogP contribution in [-0.4, -0.2) is 29.1 Å². The third-order valence-electron chi connectivity index (χ3n) is 4.08. The fourth-order valence-corrected chi connectivity index (χ4v) is 1.94. The van der Waals surface area contributed by atoms with Gasteiger partial charge in [-0.05, 0) is 43.2 Å². The number of nitrogens with one attached hydrogen (secondary N) is 2. The fraction of sp³-hybridized carbons (Fsp3) is 0.333. The largest absolute Gasteiger partial charge is 0.464 e. The zero-order valence-corrected chi connectivity index (χ0v) is 14.3. The van der Waals surface area contributed by atoms with Crippen molar-refractivity contribution in [3.05, 3.63) is 42.4 Å². The van der Waals surface area contributed by atoms with Gasteiger partial charge in [0.2, 0.25) is 0 Å². The Morgan fingerprint density at radius 3 is 2.60 bits per heavy atom. The lowest BCUT2D eigenvalue weighted by atomic mass is 9.92. The molecular weight excluding hydrogens is 327 g/mol. The van der Waals surface area contributed by atoms with Gasteiger partial charge >= 0.3 is 11.8 Å². The summed E-state index contributed by atoms with van der Waals surface area (Å²) in [5.74, 6) is -2.25. The molecule has 1 atom stereocenters. The summed E-state index contributed by atoms with van der Waals surface area (Å²) in [5, 5.41) is 14.7. The van der Waals surface area contributed by atoms with Crippen molar-refractivity contribution >= 4 is 17.5 Å². The third-order valence-corrected chi connectivity index (χ3v) is 4.08. The minimum Gasteiger partial charge on any atom is -0.464 e. The Balaban J connectivity index is 2.05. The highest BCUT2D eigenvalue weighted by atomic mass is 19.1. The molecule has 0 aliphatic rings. The van der Waals surface area contributed by atoms with Crippen LogP contribution in [0.5, 0.6) is 0 Å². The molecule has 0 aliphatic heterocycles. The molecule has 0 bridgehead atoms. The molecule has 0 saturated carbocycles. The van der Waals surface area contributed by atoms with Gasteiger partial charge in [0, 0.05) is 12.1 Å². The molecule has 0 saturated heterocycles. The van der Waals surface area contributed by atoms with Crippen molar-refractivity contribution in [3.63, 3.8) is 0 Å². The Hall–Kier alpha value is -2.67. The summed E-state index contributed by atoms with van der Waals surface area (Å²) in [6.07, 6.45) is 1.48. The lowest BCUT2D eigenvalue weighted by molar-refractivity contribution is -0.137. The minimum atomic E-state index is -1.15. The van der Waals surface area contributed by atoms with Crippen molar-refractivity contribution in [2.45, 2.75) is 26.4 Å². The predicted octanol–water partition coefficient (Wildman–Crippen LogP) is 2.55. The second-order valence-corrected chi connectivity index (χ2v) is 6.32. The number of halogens is 1. The third kappa shape index (κ3) is 4.67. The van der Waals surface area contributed by atoms with Gasteiger partial charge in [0.15, 0.2) is 0 Å². The van der Waals surface area contributed by atoms with Gasteiger partial charge in [0.1, 0.15) is 11.6 Å². The van der Waals surface area contributed by atoms with Crippen LogP contribution in [0, 0.1) is 11.7 Å². The van der Waals surface area contributed by atoms with E-state index < -0.39 is 23.2 Å². The number of anilines is 1. The van der Waals surface area contributed by atoms with E-state index in [-0.39, 0.29) is 18.2 Å². The highest BCUT2D eigenvalue weighted by Gasteiger charge is 2.27. The molecule has 0 spiro atoms. The SMILES string of the molecule is CC(C)C(C)(O)CNC(=O)C(=O)Nc1cc(-c2ccco2)ccc1F. The number of rotatable bonds is 5. The zero-order chi connectivity index (χ0) is 18.6. The van der Waals surface area contributed by atoms with Crippen LogP contribution in [-0.2, 0) is 9.59 Å². The molecule has 6 nitrogen and oxygen atoms in total. The Labute approximate surface area is 145 Å². The molecule has 25 heavy (non-hydrogen) atoms. The van der Waals surface area contributed by atoms with Gasteiger partial charge in [-0.15, -0.1) is 0 Å². The average molecular weight is 348 g/mol. The number of hydrogen-bond acceptors (Lipinski definition) is 4. The quantitative estimate of drug-likeness (QED) is 0.724. The maximum absolute atomic E-state index is 13.9. The van der Waals surface area contributed by atoms with Crippen LogP contribution in [0.4, 0.5) is 10.1 Å². The lowest BCUT2D eigenvalue weighted by Gasteiger charge is -2.27. The Morgan fingerprint density at radius 2 is 2.00 bits per heavy atom. The molecule has 2 amide bonds. The van der Waals surface area contributed by atoms with E-state index >= 15 is 0 Å². The Kier molecular flexibility index (Phi) is 5.58. The number of hydrogen-bond donors (Lipinski definition) is 3. The molecule has 0 aliphatic carbocycles. The van der Waals surface area contributed by atoms with Gasteiger partial charge in [0.05, 0.1) is 17.6 Å². The van der Waals surface area contributed by atoms with E-state index in [0.29, 0.717) is 11.3 Å². The van der Waals surface area contributed by atoms with Crippen LogP contribution in [0.2, 0.25) is 0 Å². The normalized spacial score (nSPS) is 13.4. The van der Waals surface area contributed by atoms with E-state index in [4.69, 9.17) is 4.42 Å². The van der Waals surface area contributed by atoms with Crippen molar-refractivity contribution in [1.29, 1.82) is 0 Å². The minimum absolute atomic E-state index is 0.0914. The summed E-state index contributed by atoms with van der Waals surface area (Å²) >= 11 is 0. The van der Waals surface area contributed by atoms with E-state index in [1.807, 2.05) is 0 Å². The van der Waals surface area contributed by atoms with Gasteiger partial charge in [-0.3, -0.25) is 9.59 Å². The maximum Gasteiger partial charge on any atom is 0.313 e. The topological polar surface area (TPSA) is 91.6 Å². The zero-order valence-electron chi connectivity index (χ0n) is 14.3. The number of benzene rings is 1. The molecule has 1 aromatic carbocycles. The summed E-state index contributed by atoms with van der Waals surface area (Å²) < 4.78 is 19.1. The molecule has 0 fully saturated rings. The summed E-state index contributed by atoms with van der Waals surface area (Å²) in [4.78, 5) is 23.8. The second kappa shape index (κ2) is 7.48. The van der Waals surface area contributed by atoms with Crippen molar-refractivity contribution in [2.75, 3.05) is 11.9 Å². The summed E-state index contributed by atoms with van der Waals surface area (Å²) in [7, 11) is 0. The van der Waals surface area contributed by atoms with Gasteiger partial charge < -0.3 is 20.2 Å². The van der Waals surface area contributed by atoms with E-state index in [2.05, 4.69) is 10.6 Å². The lowest BCUT2D eigenvalue weighted by Crippen LogP contribution is -2.47. The van der Waals surface area contributed by atoms with Crippen molar-refractivity contribution < 1.29 is 23.5 Å². The van der Waals surface area contributed by atoms with Crippen LogP contribution in [0.3, 0.4) is 0 Å². The van der Waals surface area contributed by atoms with Crippen molar-refractivity contribution in [1.82, 2.24) is 5.32 Å². The molecule has 0 radical (unpaired) electrons. The first kappa shape index (κ1) is 18.7. The first-order valence-electron chi connectivity index (χ1n) is 7.85. The molecule has 134 valence electrons. The average Bonchev–Trinajstić information content (AvgIpc) is 3.09. The standard InChI is InChI=1S/C18H21FN2O4/c1-11(2)18(3,24)10-20-16(22)17(23)21-14-9-12(6-7-13(14)19)15-5-4-8-25-15/h4-9,11,24H,10H2,1-3H3,(H,20,22)(H,21,23). The van der Waals surface area contributed by atoms with Gasteiger partial charge in [-0.2, -0.15) is 0 Å². The highest BCUT2D eigenvalue weighted by molar-refractivity contribution is 6.39. The Morgan fingerprint density at radius 1 is 1.28 bits per heavy atom. The van der Waals surface area contributed by atoms with Crippen LogP contribution >= 0.6 is 0 Å². The van der Waals surface area contributed by atoms with Crippen LogP contribution in [0.25, 0.3) is 11.3 Å². The van der Waals surface area contributed by atoms with E-state index in [1.165, 1.54) is 24.5 Å². The number of furan rings is 1. The monoisotopic (exact) mass is 348 g/mol. The fourth-order valence-electron chi connectivity index (χ4n) is 1.94. The Bertz CT molecular complexity index is 754. The highest BCUT2D eigenvalue weighted by Crippen LogP contribution is 2.25. The molecule has 7 heteroatoms. The van der Waals surface area contributed by atoms with Crippen LogP contribution in [0.1, 0.15) is 20.8 Å². The van der Waals surface area contributed by atoms with Crippen LogP contribution < -0.4 is 10.6 Å². The van der Waals surface area contributed by atoms with E-state index in [9.17, 15) is 19.1 Å². The molecule has 2 rings (SSSR count). The van der Waals surface area contributed by atoms with Crippen LogP contribution in [0.15, 0.2) is 41.0 Å². The first-order chi connectivity index (χ1) is 11.7. The maximum atomic E-state index is 13.9. The smallest absolute Gasteiger partial charge is 0.313 e. The molecule has 3 N–H and O–H groups in total. The molecule has 1 unspecified atom stereocenters. The van der Waals surface area contributed by atoms with Crippen molar-refractivity contribution in [2.24, 2.45) is 5.92 Å². The van der Waals surface area contributed by atoms with Gasteiger partial charge in [-0.1, -0.05) is 13.8 Å². The molecule has 1 aromatic heterocycles. The number of aliphatic hydroxyl groups is 1. The van der Waals surface area contributed by atoms with Crippen molar-refractivity contribution in [3.8, 4) is 11.3 Å². The summed E-state index contributed by atoms with van der Waals surface area (Å²) in [5.41, 5.74) is -0.727. The molecular formula is C18H21FN2O4. The molecule has 1 heterocycles. The first-order valence-corrected chi connectivity index (χ1v) is 7.85. The van der Waals surface area contributed by atoms with E-state index in [1.54, 1.807) is 32.9 Å². The number of carbonyl (C=O) groups excluding carboxylic acids is 2. The number of amides is 2. The molecule has 2 aromatic rings. The predicted molar refractivity (Wildman–Crippen MR) is 91.2 cm³/mol. The van der Waals surface area contributed by atoms with Gasteiger partial charge in [0.25, 0.3) is 0 Å². The summed E-state index contributed by atoms with van der Waals surface area (Å²) in [6.45, 7) is 5.05. The van der Waals surface area contributed by atoms with E-state index in [0.717, 1.165) is 0 Å². The summed E-state index contributed by atoms with van der Waals surface area (Å²) in [6, 6.07) is 7.44. The second-order valence-electron chi connectivity index (χ2n) is 6.32. The van der Waals surface area contributed by atoms with Gasteiger partial charge in [-0.25, -0.2) is 4.39 Å². The number of carbonyl (C=O) groups is 2.